The number of aldehydes is 1. The van der Waals surface area contributed by atoms with Crippen LogP contribution in [0.25, 0.3) is 0 Å². The zero-order valence-electron chi connectivity index (χ0n) is 10.5. The molecule has 2 N–H and O–H groups in total. The van der Waals surface area contributed by atoms with E-state index in [4.69, 9.17) is 0 Å². The van der Waals surface area contributed by atoms with Gasteiger partial charge in [-0.3, -0.25) is 0 Å². The van der Waals surface area contributed by atoms with Crippen LogP contribution in [-0.2, 0) is 4.79 Å². The van der Waals surface area contributed by atoms with Crippen molar-refractivity contribution in [2.75, 3.05) is 0 Å². The van der Waals surface area contributed by atoms with E-state index in [1.807, 2.05) is 41.5 Å². The molecule has 0 aliphatic heterocycles. The van der Waals surface area contributed by atoms with E-state index in [1.165, 1.54) is 0 Å². The first-order valence-corrected chi connectivity index (χ1v) is 5.10. The molecular formula is C11H22N2O2. The molecule has 4 heteroatoms. The van der Waals surface area contributed by atoms with Gasteiger partial charge in [-0.05, 0) is 26.2 Å². The van der Waals surface area contributed by atoms with E-state index < -0.39 is 6.04 Å². The highest BCUT2D eigenvalue weighted by Gasteiger charge is 2.26. The minimum atomic E-state index is -0.472. The van der Waals surface area contributed by atoms with E-state index >= 15 is 0 Å². The number of amides is 2. The van der Waals surface area contributed by atoms with Crippen molar-refractivity contribution < 1.29 is 9.59 Å². The lowest BCUT2D eigenvalue weighted by Gasteiger charge is -2.29. The van der Waals surface area contributed by atoms with Gasteiger partial charge in [-0.25, -0.2) is 4.79 Å². The average Bonchev–Trinajstić information content (AvgIpc) is 1.94. The summed E-state index contributed by atoms with van der Waals surface area (Å²) in [6.45, 7) is 11.4. The maximum atomic E-state index is 11.5. The Labute approximate surface area is 91.8 Å². The van der Waals surface area contributed by atoms with Gasteiger partial charge in [0.2, 0.25) is 0 Å². The van der Waals surface area contributed by atoms with Gasteiger partial charge in [-0.1, -0.05) is 20.8 Å². The van der Waals surface area contributed by atoms with Crippen LogP contribution in [0.3, 0.4) is 0 Å². The predicted octanol–water partition coefficient (Wildman–Crippen LogP) is 1.70. The van der Waals surface area contributed by atoms with Crippen LogP contribution in [0.2, 0.25) is 0 Å². The van der Waals surface area contributed by atoms with Crippen molar-refractivity contribution in [2.45, 2.75) is 53.1 Å². The Morgan fingerprint density at radius 3 is 1.87 bits per heavy atom. The maximum Gasteiger partial charge on any atom is 0.315 e. The summed E-state index contributed by atoms with van der Waals surface area (Å²) in [6.07, 6.45) is 0.766. The minimum absolute atomic E-state index is 0.267. The first kappa shape index (κ1) is 13.9. The average molecular weight is 214 g/mol. The molecule has 1 unspecified atom stereocenters. The van der Waals surface area contributed by atoms with E-state index in [0.29, 0.717) is 0 Å². The smallest absolute Gasteiger partial charge is 0.315 e. The number of rotatable bonds is 2. The van der Waals surface area contributed by atoms with E-state index in [1.54, 1.807) is 0 Å². The van der Waals surface area contributed by atoms with Crippen LogP contribution in [0, 0.1) is 5.41 Å². The molecule has 0 bridgehead atoms. The Kier molecular flexibility index (Phi) is 4.31. The van der Waals surface area contributed by atoms with E-state index in [2.05, 4.69) is 10.6 Å². The largest absolute Gasteiger partial charge is 0.334 e. The zero-order chi connectivity index (χ0) is 12.3. The molecule has 0 fully saturated rings. The molecule has 0 radical (unpaired) electrons. The SMILES string of the molecule is CC(C)(C)NC(=O)NC(C=O)C(C)(C)C. The standard InChI is InChI=1S/C11H22N2O2/c1-10(2,3)8(7-14)12-9(15)13-11(4,5)6/h7-8H,1-6H3,(H2,12,13,15). The first-order valence-electron chi connectivity index (χ1n) is 5.10. The third-order valence-corrected chi connectivity index (χ3v) is 1.84. The van der Waals surface area contributed by atoms with Crippen LogP contribution >= 0.6 is 0 Å². The molecule has 0 aromatic heterocycles. The fourth-order valence-corrected chi connectivity index (χ4v) is 0.973. The van der Waals surface area contributed by atoms with Crippen LogP contribution in [0.1, 0.15) is 41.5 Å². The molecule has 15 heavy (non-hydrogen) atoms. The summed E-state index contributed by atoms with van der Waals surface area (Å²) in [4.78, 5) is 22.3. The second-order valence-electron chi connectivity index (χ2n) is 5.83. The lowest BCUT2D eigenvalue weighted by molar-refractivity contribution is -0.111. The number of nitrogens with one attached hydrogen (secondary N) is 2. The highest BCUT2D eigenvalue weighted by Crippen LogP contribution is 2.17. The van der Waals surface area contributed by atoms with Crippen LogP contribution in [-0.4, -0.2) is 23.9 Å². The van der Waals surface area contributed by atoms with Crippen LogP contribution in [0.4, 0.5) is 4.79 Å². The highest BCUT2D eigenvalue weighted by atomic mass is 16.2. The minimum Gasteiger partial charge on any atom is -0.334 e. The molecule has 4 nitrogen and oxygen atoms in total. The summed E-state index contributed by atoms with van der Waals surface area (Å²) in [7, 11) is 0. The van der Waals surface area contributed by atoms with E-state index in [-0.39, 0.29) is 17.0 Å². The third-order valence-electron chi connectivity index (χ3n) is 1.84. The molecule has 0 heterocycles. The maximum absolute atomic E-state index is 11.5. The Morgan fingerprint density at radius 2 is 1.60 bits per heavy atom. The molecule has 0 rings (SSSR count). The van der Waals surface area contributed by atoms with Gasteiger partial charge in [0, 0.05) is 5.54 Å². The Balaban J connectivity index is 4.33. The molecule has 0 saturated carbocycles. The summed E-state index contributed by atoms with van der Waals surface area (Å²) in [5, 5.41) is 5.39. The molecule has 1 atom stereocenters. The number of hydrogen-bond donors (Lipinski definition) is 2. The van der Waals surface area contributed by atoms with Crippen LogP contribution in [0.15, 0.2) is 0 Å². The third kappa shape index (κ3) is 6.10. The molecule has 0 aliphatic carbocycles. The van der Waals surface area contributed by atoms with E-state index in [9.17, 15) is 9.59 Å². The summed E-state index contributed by atoms with van der Waals surface area (Å²) in [5.74, 6) is 0. The Bertz CT molecular complexity index is 236. The zero-order valence-corrected chi connectivity index (χ0v) is 10.5. The van der Waals surface area contributed by atoms with Gasteiger partial charge in [0.1, 0.15) is 6.29 Å². The lowest BCUT2D eigenvalue weighted by Crippen LogP contribution is -2.53. The van der Waals surface area contributed by atoms with Crippen molar-refractivity contribution >= 4 is 12.3 Å². The Morgan fingerprint density at radius 1 is 1.13 bits per heavy atom. The predicted molar refractivity (Wildman–Crippen MR) is 60.7 cm³/mol. The Hall–Kier alpha value is -1.06. The van der Waals surface area contributed by atoms with Crippen molar-refractivity contribution in [1.82, 2.24) is 10.6 Å². The van der Waals surface area contributed by atoms with Crippen LogP contribution < -0.4 is 10.6 Å². The lowest BCUT2D eigenvalue weighted by atomic mass is 9.88. The normalized spacial score (nSPS) is 14.3. The number of urea groups is 1. The topological polar surface area (TPSA) is 58.2 Å². The fourth-order valence-electron chi connectivity index (χ4n) is 0.973. The van der Waals surface area contributed by atoms with Gasteiger partial charge in [-0.15, -0.1) is 0 Å². The van der Waals surface area contributed by atoms with Crippen LogP contribution in [0.5, 0.6) is 0 Å². The molecule has 0 aromatic carbocycles. The summed E-state index contributed by atoms with van der Waals surface area (Å²) >= 11 is 0. The summed E-state index contributed by atoms with van der Waals surface area (Å²) in [5.41, 5.74) is -0.563. The molecule has 0 aliphatic rings. The van der Waals surface area contributed by atoms with Gasteiger partial charge < -0.3 is 15.4 Å². The molecule has 0 aromatic rings. The molecule has 0 spiro atoms. The second-order valence-corrected chi connectivity index (χ2v) is 5.83. The van der Waals surface area contributed by atoms with Crippen molar-refractivity contribution in [1.29, 1.82) is 0 Å². The molecule has 0 saturated heterocycles. The highest BCUT2D eigenvalue weighted by molar-refractivity contribution is 5.78. The monoisotopic (exact) mass is 214 g/mol. The molecule has 88 valence electrons. The number of hydrogen-bond acceptors (Lipinski definition) is 2. The summed E-state index contributed by atoms with van der Waals surface area (Å²) in [6, 6.07) is -0.783. The molecule has 2 amide bonds. The van der Waals surface area contributed by atoms with Crippen molar-refractivity contribution in [2.24, 2.45) is 5.41 Å². The van der Waals surface area contributed by atoms with Gasteiger partial charge >= 0.3 is 6.03 Å². The van der Waals surface area contributed by atoms with Crippen molar-refractivity contribution in [3.05, 3.63) is 0 Å². The molecular weight excluding hydrogens is 192 g/mol. The van der Waals surface area contributed by atoms with Gasteiger partial charge in [0.05, 0.1) is 6.04 Å². The number of carbonyl (C=O) groups is 2. The quantitative estimate of drug-likeness (QED) is 0.687. The summed E-state index contributed by atoms with van der Waals surface area (Å²) < 4.78 is 0. The van der Waals surface area contributed by atoms with Gasteiger partial charge in [0.25, 0.3) is 0 Å². The van der Waals surface area contributed by atoms with Crippen molar-refractivity contribution in [3.63, 3.8) is 0 Å². The van der Waals surface area contributed by atoms with Gasteiger partial charge in [-0.2, -0.15) is 0 Å². The fraction of sp³-hybridized carbons (Fsp3) is 0.818. The number of carbonyl (C=O) groups excluding carboxylic acids is 2. The van der Waals surface area contributed by atoms with E-state index in [0.717, 1.165) is 6.29 Å². The second kappa shape index (κ2) is 4.64. The van der Waals surface area contributed by atoms with Gasteiger partial charge in [0.15, 0.2) is 0 Å². The first-order chi connectivity index (χ1) is 6.56. The van der Waals surface area contributed by atoms with Crippen molar-refractivity contribution in [3.8, 4) is 0 Å².